The molecule has 0 aliphatic carbocycles. The lowest BCUT2D eigenvalue weighted by Crippen LogP contribution is -2.41. The molecule has 15 heteroatoms. The summed E-state index contributed by atoms with van der Waals surface area (Å²) < 4.78 is 68.6. The molecular weight excluding hydrogens is 471 g/mol. The zero-order valence-corrected chi connectivity index (χ0v) is 17.9. The van der Waals surface area contributed by atoms with Crippen molar-refractivity contribution in [2.24, 2.45) is 5.92 Å². The maximum Gasteiger partial charge on any atom is 0.411 e. The predicted octanol–water partition coefficient (Wildman–Crippen LogP) is 2.37. The van der Waals surface area contributed by atoms with Gasteiger partial charge in [-0.25, -0.2) is 13.1 Å². The van der Waals surface area contributed by atoms with Crippen molar-refractivity contribution < 1.29 is 36.0 Å². The van der Waals surface area contributed by atoms with Crippen LogP contribution in [0.5, 0.6) is 0 Å². The summed E-state index contributed by atoms with van der Waals surface area (Å²) in [5.74, 6) is -0.837. The Morgan fingerprint density at radius 1 is 1.24 bits per heavy atom. The summed E-state index contributed by atoms with van der Waals surface area (Å²) in [4.78, 5) is 22.5. The van der Waals surface area contributed by atoms with Gasteiger partial charge in [-0.1, -0.05) is 0 Å². The molecule has 1 aromatic heterocycles. The Labute approximate surface area is 186 Å². The first-order valence-electron chi connectivity index (χ1n) is 9.68. The molecule has 1 amide bonds. The summed E-state index contributed by atoms with van der Waals surface area (Å²) in [6.07, 6.45) is -1.36. The van der Waals surface area contributed by atoms with Crippen LogP contribution >= 0.6 is 0 Å². The number of carbonyl (C=O) groups excluding carboxylic acids is 1. The highest BCUT2D eigenvalue weighted by atomic mass is 32.2. The number of amides is 1. The molecule has 0 saturated carbocycles. The number of halogens is 3. The fraction of sp³-hybridized carbons (Fsp3) is 0.444. The van der Waals surface area contributed by atoms with Crippen LogP contribution in [0.2, 0.25) is 0 Å². The molecule has 1 fully saturated rings. The standard InChI is InChI=1S/C18H20F3N5O6S/c19-18(20,21)11-32-12-24-10-14(9-22-24)23-17(27)13-5-7-25(8-6-13)33(30,31)16-3-1-15(2-4-16)26(28)29/h1-4,9-10,13H,5-8,11-12H2,(H,23,27). The summed E-state index contributed by atoms with van der Waals surface area (Å²) in [6.45, 7) is -1.69. The summed E-state index contributed by atoms with van der Waals surface area (Å²) in [7, 11) is -3.86. The van der Waals surface area contributed by atoms with Gasteiger partial charge in [-0.05, 0) is 25.0 Å². The molecule has 0 radical (unpaired) electrons. The average molecular weight is 491 g/mol. The number of carbonyl (C=O) groups is 1. The minimum absolute atomic E-state index is 0.0730. The molecule has 0 bridgehead atoms. The van der Waals surface area contributed by atoms with Gasteiger partial charge in [0.05, 0.1) is 27.9 Å². The summed E-state index contributed by atoms with van der Waals surface area (Å²) >= 11 is 0. The van der Waals surface area contributed by atoms with E-state index in [4.69, 9.17) is 0 Å². The van der Waals surface area contributed by atoms with Gasteiger partial charge in [-0.2, -0.15) is 22.6 Å². The second-order valence-corrected chi connectivity index (χ2v) is 9.22. The van der Waals surface area contributed by atoms with E-state index in [0.717, 1.165) is 16.8 Å². The average Bonchev–Trinajstić information content (AvgIpc) is 3.20. The number of benzene rings is 1. The molecule has 2 aromatic rings. The second kappa shape index (κ2) is 9.84. The van der Waals surface area contributed by atoms with Crippen molar-refractivity contribution in [3.8, 4) is 0 Å². The molecule has 3 rings (SSSR count). The number of hydrogen-bond donors (Lipinski definition) is 1. The van der Waals surface area contributed by atoms with E-state index < -0.39 is 40.4 Å². The van der Waals surface area contributed by atoms with Crippen molar-refractivity contribution in [2.45, 2.75) is 30.6 Å². The minimum atomic E-state index is -4.45. The van der Waals surface area contributed by atoms with Gasteiger partial charge in [0.15, 0.2) is 0 Å². The lowest BCUT2D eigenvalue weighted by atomic mass is 9.97. The Balaban J connectivity index is 1.51. The van der Waals surface area contributed by atoms with Gasteiger partial charge in [-0.15, -0.1) is 0 Å². The van der Waals surface area contributed by atoms with E-state index >= 15 is 0 Å². The first-order valence-corrected chi connectivity index (χ1v) is 11.1. The minimum Gasteiger partial charge on any atom is -0.350 e. The first kappa shape index (κ1) is 24.6. The Kier molecular flexibility index (Phi) is 7.34. The zero-order valence-electron chi connectivity index (χ0n) is 17.1. The molecule has 1 aliphatic heterocycles. The molecule has 2 heterocycles. The molecule has 1 saturated heterocycles. The van der Waals surface area contributed by atoms with Crippen molar-refractivity contribution in [2.75, 3.05) is 25.0 Å². The van der Waals surface area contributed by atoms with Crippen LogP contribution in [0.1, 0.15) is 12.8 Å². The van der Waals surface area contributed by atoms with Gasteiger partial charge in [0, 0.05) is 31.1 Å². The number of rotatable bonds is 8. The molecule has 1 aromatic carbocycles. The summed E-state index contributed by atoms with van der Waals surface area (Å²) in [6, 6.07) is 4.56. The topological polar surface area (TPSA) is 137 Å². The lowest BCUT2D eigenvalue weighted by Gasteiger charge is -2.30. The second-order valence-electron chi connectivity index (χ2n) is 7.28. The smallest absolute Gasteiger partial charge is 0.350 e. The van der Waals surface area contributed by atoms with Crippen molar-refractivity contribution >= 4 is 27.3 Å². The molecular formula is C18H20F3N5O6S. The van der Waals surface area contributed by atoms with Gasteiger partial charge in [0.2, 0.25) is 15.9 Å². The van der Waals surface area contributed by atoms with E-state index in [2.05, 4.69) is 15.2 Å². The third-order valence-electron chi connectivity index (χ3n) is 4.90. The van der Waals surface area contributed by atoms with E-state index in [1.54, 1.807) is 0 Å². The number of hydrogen-bond acceptors (Lipinski definition) is 7. The molecule has 0 unspecified atom stereocenters. The third kappa shape index (κ3) is 6.49. The van der Waals surface area contributed by atoms with Crippen molar-refractivity contribution in [1.82, 2.24) is 14.1 Å². The molecule has 11 nitrogen and oxygen atoms in total. The number of piperidine rings is 1. The van der Waals surface area contributed by atoms with Crippen LogP contribution in [-0.4, -0.2) is 59.2 Å². The summed E-state index contributed by atoms with van der Waals surface area (Å²) in [5, 5.41) is 17.2. The SMILES string of the molecule is O=C(Nc1cnn(COCC(F)(F)F)c1)C1CCN(S(=O)(=O)c2ccc([N+](=O)[O-])cc2)CC1. The Bertz CT molecular complexity index is 1100. The Morgan fingerprint density at radius 2 is 1.88 bits per heavy atom. The molecule has 180 valence electrons. The van der Waals surface area contributed by atoms with Crippen molar-refractivity contribution in [1.29, 1.82) is 0 Å². The Morgan fingerprint density at radius 3 is 2.45 bits per heavy atom. The van der Waals surface area contributed by atoms with E-state index in [9.17, 15) is 36.5 Å². The first-order chi connectivity index (χ1) is 15.5. The summed E-state index contributed by atoms with van der Waals surface area (Å²) in [5.41, 5.74) is 0.0519. The maximum absolute atomic E-state index is 12.7. The molecule has 1 N–H and O–H groups in total. The number of aromatic nitrogens is 2. The number of non-ortho nitro benzene ring substituents is 1. The number of ether oxygens (including phenoxy) is 1. The highest BCUT2D eigenvalue weighted by Crippen LogP contribution is 2.26. The highest BCUT2D eigenvalue weighted by molar-refractivity contribution is 7.89. The fourth-order valence-electron chi connectivity index (χ4n) is 3.25. The highest BCUT2D eigenvalue weighted by Gasteiger charge is 2.32. The van der Waals surface area contributed by atoms with Crippen molar-refractivity contribution in [3.63, 3.8) is 0 Å². The molecule has 0 atom stereocenters. The number of nitro benzene ring substituents is 1. The van der Waals surface area contributed by atoms with Gasteiger partial charge in [0.25, 0.3) is 5.69 Å². The normalized spacial score (nSPS) is 16.0. The molecule has 33 heavy (non-hydrogen) atoms. The van der Waals surface area contributed by atoms with E-state index in [0.29, 0.717) is 0 Å². The van der Waals surface area contributed by atoms with Crippen LogP contribution in [0.4, 0.5) is 24.5 Å². The van der Waals surface area contributed by atoms with Crippen LogP contribution < -0.4 is 5.32 Å². The number of alkyl halides is 3. The lowest BCUT2D eigenvalue weighted by molar-refractivity contribution is -0.384. The number of sulfonamides is 1. The van der Waals surface area contributed by atoms with Gasteiger partial charge in [0.1, 0.15) is 13.3 Å². The van der Waals surface area contributed by atoms with Crippen molar-refractivity contribution in [3.05, 3.63) is 46.8 Å². The van der Waals surface area contributed by atoms with E-state index in [-0.39, 0.29) is 48.1 Å². The van der Waals surface area contributed by atoms with Crippen LogP contribution in [0.15, 0.2) is 41.6 Å². The van der Waals surface area contributed by atoms with Crippen LogP contribution in [0.25, 0.3) is 0 Å². The number of anilines is 1. The van der Waals surface area contributed by atoms with E-state index in [1.807, 2.05) is 0 Å². The van der Waals surface area contributed by atoms with Crippen LogP contribution in [-0.2, 0) is 26.3 Å². The fourth-order valence-corrected chi connectivity index (χ4v) is 4.71. The quantitative estimate of drug-likeness (QED) is 0.442. The van der Waals surface area contributed by atoms with Crippen LogP contribution in [0.3, 0.4) is 0 Å². The zero-order chi connectivity index (χ0) is 24.2. The number of nitrogens with zero attached hydrogens (tertiary/aromatic N) is 4. The molecule has 0 spiro atoms. The Hall–Kier alpha value is -3.04. The number of nitrogens with one attached hydrogen (secondary N) is 1. The predicted molar refractivity (Wildman–Crippen MR) is 107 cm³/mol. The third-order valence-corrected chi connectivity index (χ3v) is 6.81. The number of nitro groups is 1. The molecule has 1 aliphatic rings. The van der Waals surface area contributed by atoms with Gasteiger partial charge >= 0.3 is 6.18 Å². The maximum atomic E-state index is 12.7. The van der Waals surface area contributed by atoms with E-state index in [1.165, 1.54) is 28.8 Å². The van der Waals surface area contributed by atoms with Gasteiger partial charge in [-0.3, -0.25) is 14.9 Å². The van der Waals surface area contributed by atoms with Gasteiger partial charge < -0.3 is 10.1 Å². The van der Waals surface area contributed by atoms with Crippen LogP contribution in [0, 0.1) is 16.0 Å². The largest absolute Gasteiger partial charge is 0.411 e. The monoisotopic (exact) mass is 491 g/mol.